The van der Waals surface area contributed by atoms with Crippen LogP contribution in [0.15, 0.2) is 18.2 Å². The van der Waals surface area contributed by atoms with E-state index in [1.54, 1.807) is 6.07 Å². The van der Waals surface area contributed by atoms with Gasteiger partial charge in [0.15, 0.2) is 11.6 Å². The summed E-state index contributed by atoms with van der Waals surface area (Å²) in [5.41, 5.74) is 0.630. The molecule has 1 saturated carbocycles. The third-order valence-electron chi connectivity index (χ3n) is 3.43. The maximum atomic E-state index is 13.0. The number of nitriles is 1. The molecule has 0 heterocycles. The third-order valence-corrected chi connectivity index (χ3v) is 3.43. The van der Waals surface area contributed by atoms with E-state index in [4.69, 9.17) is 5.26 Å². The lowest BCUT2D eigenvalue weighted by Gasteiger charge is -2.19. The first kappa shape index (κ1) is 13.0. The molecule has 0 aliphatic heterocycles. The van der Waals surface area contributed by atoms with Crippen molar-refractivity contribution in [2.24, 2.45) is 5.41 Å². The highest BCUT2D eigenvalue weighted by atomic mass is 19.2. The summed E-state index contributed by atoms with van der Waals surface area (Å²) in [5, 5.41) is 8.99. The van der Waals surface area contributed by atoms with Crippen LogP contribution in [0.4, 0.5) is 8.78 Å². The summed E-state index contributed by atoms with van der Waals surface area (Å²) < 4.78 is 25.8. The molecule has 1 fully saturated rings. The van der Waals surface area contributed by atoms with E-state index in [0.717, 1.165) is 37.6 Å². The Hall–Kier alpha value is -1.47. The molecule has 2 rings (SSSR count). The Kier molecular flexibility index (Phi) is 3.63. The summed E-state index contributed by atoms with van der Waals surface area (Å²) in [6.45, 7) is 1.50. The van der Waals surface area contributed by atoms with Crippen LogP contribution in [0.1, 0.15) is 18.4 Å². The van der Waals surface area contributed by atoms with Gasteiger partial charge in [0.05, 0.1) is 11.5 Å². The minimum atomic E-state index is -0.812. The van der Waals surface area contributed by atoms with Crippen molar-refractivity contribution in [2.75, 3.05) is 20.1 Å². The Balaban J connectivity index is 1.84. The van der Waals surface area contributed by atoms with Crippen LogP contribution in [0.25, 0.3) is 0 Å². The standard InChI is InChI=1S/C14H16F2N2/c1-18(10-14(9-17)5-6-14)7-4-11-2-3-12(15)13(16)8-11/h2-3,8H,4-7,10H2,1H3. The highest BCUT2D eigenvalue weighted by molar-refractivity contribution is 5.18. The minimum Gasteiger partial charge on any atom is -0.304 e. The van der Waals surface area contributed by atoms with Crippen molar-refractivity contribution in [3.05, 3.63) is 35.4 Å². The van der Waals surface area contributed by atoms with E-state index < -0.39 is 11.6 Å². The van der Waals surface area contributed by atoms with Gasteiger partial charge in [-0.15, -0.1) is 0 Å². The van der Waals surface area contributed by atoms with Gasteiger partial charge < -0.3 is 4.90 Å². The summed E-state index contributed by atoms with van der Waals surface area (Å²) >= 11 is 0. The Labute approximate surface area is 106 Å². The fraction of sp³-hybridized carbons (Fsp3) is 0.500. The molecule has 1 aliphatic carbocycles. The van der Waals surface area contributed by atoms with Gasteiger partial charge in [0.2, 0.25) is 0 Å². The molecule has 2 nitrogen and oxygen atoms in total. The van der Waals surface area contributed by atoms with E-state index in [-0.39, 0.29) is 5.41 Å². The lowest BCUT2D eigenvalue weighted by molar-refractivity contribution is 0.297. The largest absolute Gasteiger partial charge is 0.304 e. The zero-order chi connectivity index (χ0) is 13.2. The molecule has 1 aromatic carbocycles. The van der Waals surface area contributed by atoms with Gasteiger partial charge in [-0.2, -0.15) is 5.26 Å². The highest BCUT2D eigenvalue weighted by Crippen LogP contribution is 2.45. The highest BCUT2D eigenvalue weighted by Gasteiger charge is 2.43. The molecule has 0 aromatic heterocycles. The lowest BCUT2D eigenvalue weighted by atomic mass is 10.1. The zero-order valence-electron chi connectivity index (χ0n) is 10.4. The molecular weight excluding hydrogens is 234 g/mol. The SMILES string of the molecule is CN(CCc1ccc(F)c(F)c1)CC1(C#N)CC1. The Bertz CT molecular complexity index is 475. The van der Waals surface area contributed by atoms with Crippen LogP contribution >= 0.6 is 0 Å². The molecule has 96 valence electrons. The summed E-state index contributed by atoms with van der Waals surface area (Å²) in [6, 6.07) is 6.34. The average Bonchev–Trinajstić information content (AvgIpc) is 3.11. The molecule has 0 unspecified atom stereocenters. The minimum absolute atomic E-state index is 0.150. The molecule has 0 amide bonds. The van der Waals surface area contributed by atoms with E-state index >= 15 is 0 Å². The van der Waals surface area contributed by atoms with E-state index in [0.29, 0.717) is 6.42 Å². The van der Waals surface area contributed by atoms with E-state index in [1.165, 1.54) is 6.07 Å². The van der Waals surface area contributed by atoms with Crippen molar-refractivity contribution in [2.45, 2.75) is 19.3 Å². The van der Waals surface area contributed by atoms with Crippen molar-refractivity contribution < 1.29 is 8.78 Å². The first-order chi connectivity index (χ1) is 8.54. The molecule has 0 saturated heterocycles. The van der Waals surface area contributed by atoms with E-state index in [1.807, 2.05) is 7.05 Å². The fourth-order valence-corrected chi connectivity index (χ4v) is 2.07. The van der Waals surface area contributed by atoms with Crippen molar-refractivity contribution in [1.82, 2.24) is 4.90 Å². The van der Waals surface area contributed by atoms with Crippen LogP contribution in [0.5, 0.6) is 0 Å². The van der Waals surface area contributed by atoms with Gasteiger partial charge in [-0.05, 0) is 44.0 Å². The van der Waals surface area contributed by atoms with Gasteiger partial charge in [-0.1, -0.05) is 6.07 Å². The van der Waals surface area contributed by atoms with Crippen LogP contribution in [0, 0.1) is 28.4 Å². The Morgan fingerprint density at radius 3 is 2.61 bits per heavy atom. The van der Waals surface area contributed by atoms with Gasteiger partial charge in [0.25, 0.3) is 0 Å². The maximum absolute atomic E-state index is 13.0. The van der Waals surface area contributed by atoms with E-state index in [9.17, 15) is 8.78 Å². The second kappa shape index (κ2) is 5.03. The normalized spacial score (nSPS) is 16.6. The van der Waals surface area contributed by atoms with Crippen LogP contribution in [0.3, 0.4) is 0 Å². The first-order valence-corrected chi connectivity index (χ1v) is 6.08. The fourth-order valence-electron chi connectivity index (χ4n) is 2.07. The van der Waals surface area contributed by atoms with Crippen molar-refractivity contribution in [3.63, 3.8) is 0 Å². The molecule has 1 aliphatic rings. The number of likely N-dealkylation sites (N-methyl/N-ethyl adjacent to an activating group) is 1. The van der Waals surface area contributed by atoms with Gasteiger partial charge in [0.1, 0.15) is 0 Å². The van der Waals surface area contributed by atoms with E-state index in [2.05, 4.69) is 11.0 Å². The first-order valence-electron chi connectivity index (χ1n) is 6.08. The predicted octanol–water partition coefficient (Wildman–Crippen LogP) is 2.74. The van der Waals surface area contributed by atoms with Crippen LogP contribution in [-0.4, -0.2) is 25.0 Å². The Morgan fingerprint density at radius 1 is 1.33 bits per heavy atom. The van der Waals surface area contributed by atoms with Crippen molar-refractivity contribution in [3.8, 4) is 6.07 Å². The Morgan fingerprint density at radius 2 is 2.06 bits per heavy atom. The number of hydrogen-bond acceptors (Lipinski definition) is 2. The average molecular weight is 250 g/mol. The van der Waals surface area contributed by atoms with Crippen molar-refractivity contribution >= 4 is 0 Å². The summed E-state index contributed by atoms with van der Waals surface area (Å²) in [5.74, 6) is -1.61. The predicted molar refractivity (Wildman–Crippen MR) is 64.8 cm³/mol. The molecular formula is C14H16F2N2. The van der Waals surface area contributed by atoms with Crippen molar-refractivity contribution in [1.29, 1.82) is 5.26 Å². The molecule has 4 heteroatoms. The molecule has 18 heavy (non-hydrogen) atoms. The summed E-state index contributed by atoms with van der Waals surface area (Å²) in [6.07, 6.45) is 2.60. The van der Waals surface area contributed by atoms with Gasteiger partial charge in [0, 0.05) is 13.1 Å². The molecule has 0 atom stereocenters. The van der Waals surface area contributed by atoms with Gasteiger partial charge in [-0.25, -0.2) is 8.78 Å². The number of benzene rings is 1. The molecule has 0 radical (unpaired) electrons. The smallest absolute Gasteiger partial charge is 0.159 e. The summed E-state index contributed by atoms with van der Waals surface area (Å²) in [4.78, 5) is 2.08. The molecule has 0 N–H and O–H groups in total. The molecule has 1 aromatic rings. The zero-order valence-corrected chi connectivity index (χ0v) is 10.4. The molecule has 0 spiro atoms. The quantitative estimate of drug-likeness (QED) is 0.803. The number of nitrogens with zero attached hydrogens (tertiary/aromatic N) is 2. The monoisotopic (exact) mass is 250 g/mol. The second-order valence-electron chi connectivity index (χ2n) is 5.13. The van der Waals surface area contributed by atoms with Crippen LogP contribution in [-0.2, 0) is 6.42 Å². The second-order valence-corrected chi connectivity index (χ2v) is 5.13. The van der Waals surface area contributed by atoms with Crippen LogP contribution in [0.2, 0.25) is 0 Å². The third kappa shape index (κ3) is 3.05. The van der Waals surface area contributed by atoms with Gasteiger partial charge >= 0.3 is 0 Å². The lowest BCUT2D eigenvalue weighted by Crippen LogP contribution is -2.28. The number of halogens is 2. The van der Waals surface area contributed by atoms with Crippen LogP contribution < -0.4 is 0 Å². The number of hydrogen-bond donors (Lipinski definition) is 0. The maximum Gasteiger partial charge on any atom is 0.159 e. The molecule has 0 bridgehead atoms. The van der Waals surface area contributed by atoms with Gasteiger partial charge in [-0.3, -0.25) is 0 Å². The number of rotatable bonds is 5. The topological polar surface area (TPSA) is 27.0 Å². The summed E-state index contributed by atoms with van der Waals surface area (Å²) in [7, 11) is 1.96.